The van der Waals surface area contributed by atoms with Crippen molar-refractivity contribution in [1.82, 2.24) is 10.2 Å². The average Bonchev–Trinajstić information content (AvgIpc) is 2.25. The number of hydrogen-bond donors (Lipinski definition) is 2. The second-order valence-electron chi connectivity index (χ2n) is 4.50. The first-order chi connectivity index (χ1) is 7.56. The topological polar surface area (TPSA) is 70.7 Å². The number of nitrogens with one attached hydrogen (secondary N) is 1. The zero-order valence-electron chi connectivity index (χ0n) is 10.4. The maximum atomic E-state index is 11.6. The van der Waals surface area contributed by atoms with Crippen LogP contribution in [0.4, 0.5) is 0 Å². The van der Waals surface area contributed by atoms with E-state index in [1.807, 2.05) is 11.8 Å². The minimum atomic E-state index is -0.162. The van der Waals surface area contributed by atoms with Crippen LogP contribution in [0.3, 0.4) is 0 Å². The van der Waals surface area contributed by atoms with Gasteiger partial charge in [0.05, 0.1) is 0 Å². The molecule has 0 radical (unpaired) electrons. The summed E-state index contributed by atoms with van der Waals surface area (Å²) in [5, 5.41) is 2.84. The first kappa shape index (κ1) is 12.8. The molecular formula is C11H22N4O. The summed E-state index contributed by atoms with van der Waals surface area (Å²) < 4.78 is 0. The van der Waals surface area contributed by atoms with E-state index in [4.69, 9.17) is 5.73 Å². The number of hydrogen-bond acceptors (Lipinski definition) is 2. The van der Waals surface area contributed by atoms with Gasteiger partial charge in [-0.25, -0.2) is 0 Å². The van der Waals surface area contributed by atoms with Crippen molar-refractivity contribution in [2.24, 2.45) is 16.6 Å². The number of aliphatic imine (C=N–C) groups is 1. The van der Waals surface area contributed by atoms with Gasteiger partial charge >= 0.3 is 0 Å². The maximum absolute atomic E-state index is 11.6. The Morgan fingerprint density at radius 1 is 1.69 bits per heavy atom. The van der Waals surface area contributed by atoms with Crippen molar-refractivity contribution in [3.63, 3.8) is 0 Å². The van der Waals surface area contributed by atoms with Gasteiger partial charge in [0.25, 0.3) is 0 Å². The number of nitrogens with two attached hydrogens (primary N) is 1. The van der Waals surface area contributed by atoms with Crippen LogP contribution in [0.15, 0.2) is 4.99 Å². The first-order valence-corrected chi connectivity index (χ1v) is 5.90. The van der Waals surface area contributed by atoms with E-state index in [1.54, 1.807) is 0 Å². The maximum Gasteiger partial charge on any atom is 0.242 e. The van der Waals surface area contributed by atoms with Crippen molar-refractivity contribution >= 4 is 11.9 Å². The van der Waals surface area contributed by atoms with E-state index in [2.05, 4.69) is 24.2 Å². The molecule has 92 valence electrons. The van der Waals surface area contributed by atoms with E-state index in [1.165, 1.54) is 0 Å². The fourth-order valence-corrected chi connectivity index (χ4v) is 1.76. The highest BCUT2D eigenvalue weighted by Crippen LogP contribution is 2.08. The number of carbonyl (C=O) groups excluding carboxylic acids is 1. The van der Waals surface area contributed by atoms with Gasteiger partial charge in [0, 0.05) is 19.6 Å². The number of guanidine groups is 1. The Morgan fingerprint density at radius 2 is 2.38 bits per heavy atom. The van der Waals surface area contributed by atoms with Crippen molar-refractivity contribution in [2.45, 2.75) is 33.2 Å². The third-order valence-electron chi connectivity index (χ3n) is 2.63. The summed E-state index contributed by atoms with van der Waals surface area (Å²) in [7, 11) is 0. The Labute approximate surface area is 97.1 Å². The minimum absolute atomic E-state index is 0.0523. The fraction of sp³-hybridized carbons (Fsp3) is 0.818. The van der Waals surface area contributed by atoms with Crippen molar-refractivity contribution in [2.75, 3.05) is 19.6 Å². The Kier molecular flexibility index (Phi) is 4.58. The molecule has 5 nitrogen and oxygen atoms in total. The highest BCUT2D eigenvalue weighted by atomic mass is 16.2. The lowest BCUT2D eigenvalue weighted by molar-refractivity contribution is -0.127. The van der Waals surface area contributed by atoms with E-state index < -0.39 is 0 Å². The highest BCUT2D eigenvalue weighted by molar-refractivity contribution is 5.89. The summed E-state index contributed by atoms with van der Waals surface area (Å²) in [6, 6.07) is -0.162. The molecule has 1 unspecified atom stereocenters. The van der Waals surface area contributed by atoms with Crippen LogP contribution >= 0.6 is 0 Å². The molecule has 3 N–H and O–H groups in total. The smallest absolute Gasteiger partial charge is 0.242 e. The normalized spacial score (nSPS) is 22.5. The average molecular weight is 226 g/mol. The van der Waals surface area contributed by atoms with Crippen LogP contribution < -0.4 is 11.1 Å². The lowest BCUT2D eigenvalue weighted by Gasteiger charge is -2.35. The molecule has 16 heavy (non-hydrogen) atoms. The third-order valence-corrected chi connectivity index (χ3v) is 2.63. The molecule has 0 bridgehead atoms. The van der Waals surface area contributed by atoms with Crippen LogP contribution in [0, 0.1) is 5.92 Å². The molecule has 1 heterocycles. The van der Waals surface area contributed by atoms with Crippen molar-refractivity contribution in [3.8, 4) is 0 Å². The molecule has 1 saturated heterocycles. The number of nitrogens with zero attached hydrogens (tertiary/aromatic N) is 2. The zero-order chi connectivity index (χ0) is 12.1. The molecule has 0 aromatic rings. The van der Waals surface area contributed by atoms with E-state index in [0.717, 1.165) is 13.0 Å². The van der Waals surface area contributed by atoms with Gasteiger partial charge in [-0.1, -0.05) is 20.8 Å². The van der Waals surface area contributed by atoms with Crippen LogP contribution in [0.25, 0.3) is 0 Å². The van der Waals surface area contributed by atoms with Gasteiger partial charge < -0.3 is 16.0 Å². The summed E-state index contributed by atoms with van der Waals surface area (Å²) in [5.41, 5.74) is 5.92. The molecule has 0 aromatic heterocycles. The van der Waals surface area contributed by atoms with E-state index in [9.17, 15) is 4.79 Å². The van der Waals surface area contributed by atoms with Gasteiger partial charge in [-0.15, -0.1) is 0 Å². The van der Waals surface area contributed by atoms with E-state index in [-0.39, 0.29) is 11.9 Å². The fourth-order valence-electron chi connectivity index (χ4n) is 1.76. The molecule has 1 aliphatic rings. The quantitative estimate of drug-likeness (QED) is 0.532. The molecule has 0 aliphatic carbocycles. The third kappa shape index (κ3) is 3.12. The minimum Gasteiger partial charge on any atom is -0.370 e. The molecule has 1 amide bonds. The number of amides is 1. The van der Waals surface area contributed by atoms with E-state index >= 15 is 0 Å². The highest BCUT2D eigenvalue weighted by Gasteiger charge is 2.29. The van der Waals surface area contributed by atoms with Crippen LogP contribution in [-0.4, -0.2) is 42.4 Å². The summed E-state index contributed by atoms with van der Waals surface area (Å²) in [5.74, 6) is 1.03. The monoisotopic (exact) mass is 226 g/mol. The van der Waals surface area contributed by atoms with E-state index in [0.29, 0.717) is 25.0 Å². The standard InChI is InChI=1S/C11H22N4O/c1-4-9-10(16)13-5-6-15(9)11(12)14-7-8(2)3/h8-9H,4-7H2,1-3H3,(H2,12,14)(H,13,16). The Bertz CT molecular complexity index is 275. The molecule has 5 heteroatoms. The van der Waals surface area contributed by atoms with Gasteiger partial charge in [0.2, 0.25) is 5.91 Å². The van der Waals surface area contributed by atoms with Crippen molar-refractivity contribution in [3.05, 3.63) is 0 Å². The molecule has 0 saturated carbocycles. The SMILES string of the molecule is CCC1C(=O)NCCN1C(N)=NCC(C)C. The van der Waals surface area contributed by atoms with Gasteiger partial charge in [-0.2, -0.15) is 0 Å². The van der Waals surface area contributed by atoms with Gasteiger partial charge in [-0.05, 0) is 12.3 Å². The summed E-state index contributed by atoms with van der Waals surface area (Å²) >= 11 is 0. The second-order valence-corrected chi connectivity index (χ2v) is 4.50. The largest absolute Gasteiger partial charge is 0.370 e. The predicted octanol–water partition coefficient (Wildman–Crippen LogP) is 0.168. The summed E-state index contributed by atoms with van der Waals surface area (Å²) in [4.78, 5) is 17.8. The molecular weight excluding hydrogens is 204 g/mol. The second kappa shape index (κ2) is 5.72. The zero-order valence-corrected chi connectivity index (χ0v) is 10.4. The lowest BCUT2D eigenvalue weighted by Crippen LogP contribution is -2.58. The molecule has 1 fully saturated rings. The Morgan fingerprint density at radius 3 is 2.94 bits per heavy atom. The Hall–Kier alpha value is -1.26. The number of rotatable bonds is 3. The molecule has 1 aliphatic heterocycles. The molecule has 1 atom stereocenters. The van der Waals surface area contributed by atoms with Crippen LogP contribution in [0.5, 0.6) is 0 Å². The van der Waals surface area contributed by atoms with Crippen LogP contribution in [-0.2, 0) is 4.79 Å². The van der Waals surface area contributed by atoms with Gasteiger partial charge in [-0.3, -0.25) is 9.79 Å². The molecule has 0 aromatic carbocycles. The Balaban J connectivity index is 2.68. The van der Waals surface area contributed by atoms with Crippen LogP contribution in [0.2, 0.25) is 0 Å². The number of carbonyl (C=O) groups is 1. The summed E-state index contributed by atoms with van der Waals surface area (Å²) in [6.45, 7) is 8.28. The molecule has 1 rings (SSSR count). The van der Waals surface area contributed by atoms with Gasteiger partial charge in [0.15, 0.2) is 5.96 Å². The van der Waals surface area contributed by atoms with Gasteiger partial charge in [0.1, 0.15) is 6.04 Å². The first-order valence-electron chi connectivity index (χ1n) is 5.90. The summed E-state index contributed by atoms with van der Waals surface area (Å²) in [6.07, 6.45) is 0.754. The number of piperazine rings is 1. The van der Waals surface area contributed by atoms with Crippen molar-refractivity contribution in [1.29, 1.82) is 0 Å². The molecule has 0 spiro atoms. The lowest BCUT2D eigenvalue weighted by atomic mass is 10.1. The van der Waals surface area contributed by atoms with Crippen LogP contribution in [0.1, 0.15) is 27.2 Å². The van der Waals surface area contributed by atoms with Crippen molar-refractivity contribution < 1.29 is 4.79 Å². The predicted molar refractivity (Wildman–Crippen MR) is 65.1 cm³/mol.